The molecule has 1 nitrogen and oxygen atoms in total. The number of hydrogen-bond acceptors (Lipinski definition) is 1. The van der Waals surface area contributed by atoms with Crippen LogP contribution in [0.2, 0.25) is 0 Å². The van der Waals surface area contributed by atoms with Crippen molar-refractivity contribution in [2.24, 2.45) is 11.3 Å². The van der Waals surface area contributed by atoms with Crippen molar-refractivity contribution in [3.8, 4) is 0 Å². The van der Waals surface area contributed by atoms with Crippen LogP contribution in [0.3, 0.4) is 0 Å². The molecule has 0 aromatic heterocycles. The van der Waals surface area contributed by atoms with Crippen LogP contribution >= 0.6 is 12.4 Å². The minimum Gasteiger partial charge on any atom is -0.312 e. The Kier molecular flexibility index (Phi) is 6.99. The van der Waals surface area contributed by atoms with E-state index in [1.54, 1.807) is 23.3 Å². The third kappa shape index (κ3) is 4.32. The van der Waals surface area contributed by atoms with Crippen LogP contribution in [0.15, 0.2) is 42.5 Å². The normalized spacial score (nSPS) is 27.9. The average molecular weight is 430 g/mol. The Balaban J connectivity index is 0.00000256. The lowest BCUT2D eigenvalue weighted by Gasteiger charge is -2.55. The second-order valence-electron chi connectivity index (χ2n) is 10.3. The number of fused-ring (bicyclic) bond motifs is 3. The van der Waals surface area contributed by atoms with E-state index in [-0.39, 0.29) is 23.6 Å². The molecule has 0 bridgehead atoms. The highest BCUT2D eigenvalue weighted by Crippen LogP contribution is 2.57. The van der Waals surface area contributed by atoms with Gasteiger partial charge in [-0.2, -0.15) is 0 Å². The predicted molar refractivity (Wildman–Crippen MR) is 127 cm³/mol. The van der Waals surface area contributed by atoms with Gasteiger partial charge in [0.25, 0.3) is 0 Å². The molecule has 1 N–H and O–H groups in total. The summed E-state index contributed by atoms with van der Waals surface area (Å²) < 4.78 is 13.2. The molecular weight excluding hydrogens is 393 g/mol. The van der Waals surface area contributed by atoms with Gasteiger partial charge < -0.3 is 5.32 Å². The summed E-state index contributed by atoms with van der Waals surface area (Å²) in [5.74, 6) is 1.14. The third-order valence-corrected chi connectivity index (χ3v) is 7.94. The summed E-state index contributed by atoms with van der Waals surface area (Å²) in [5, 5.41) is 3.71. The third-order valence-electron chi connectivity index (χ3n) is 7.94. The Hall–Kier alpha value is -1.38. The van der Waals surface area contributed by atoms with E-state index in [0.29, 0.717) is 17.3 Å². The Morgan fingerprint density at radius 2 is 1.80 bits per heavy atom. The van der Waals surface area contributed by atoms with Crippen molar-refractivity contribution in [1.82, 2.24) is 5.32 Å². The van der Waals surface area contributed by atoms with Gasteiger partial charge in [0.1, 0.15) is 5.82 Å². The SMILES string of the molecule is CC(C)c1ccc2c(c1)CC[C@@H]1[C@@](C)(CNCc3ccc(F)cc3)CCC[C@@]21C.Cl. The maximum atomic E-state index is 13.2. The second kappa shape index (κ2) is 9.01. The van der Waals surface area contributed by atoms with Crippen LogP contribution in [0, 0.1) is 17.2 Å². The smallest absolute Gasteiger partial charge is 0.123 e. The number of aryl methyl sites for hydroxylation is 1. The Morgan fingerprint density at radius 3 is 2.50 bits per heavy atom. The molecule has 164 valence electrons. The summed E-state index contributed by atoms with van der Waals surface area (Å²) in [4.78, 5) is 0. The molecule has 3 atom stereocenters. The van der Waals surface area contributed by atoms with E-state index < -0.39 is 0 Å². The fourth-order valence-electron chi connectivity index (χ4n) is 6.31. The Labute approximate surface area is 188 Å². The summed E-state index contributed by atoms with van der Waals surface area (Å²) in [5.41, 5.74) is 6.44. The highest BCUT2D eigenvalue weighted by atomic mass is 35.5. The molecule has 0 heterocycles. The van der Waals surface area contributed by atoms with E-state index in [4.69, 9.17) is 0 Å². The maximum absolute atomic E-state index is 13.2. The highest BCUT2D eigenvalue weighted by Gasteiger charge is 2.51. The monoisotopic (exact) mass is 429 g/mol. The molecule has 0 radical (unpaired) electrons. The van der Waals surface area contributed by atoms with Crippen LogP contribution in [0.4, 0.5) is 4.39 Å². The molecule has 1 saturated carbocycles. The number of hydrogen-bond donors (Lipinski definition) is 1. The summed E-state index contributed by atoms with van der Waals surface area (Å²) in [6.45, 7) is 11.5. The fraction of sp³-hybridized carbons (Fsp3) is 0.556. The highest BCUT2D eigenvalue weighted by molar-refractivity contribution is 5.85. The molecule has 4 rings (SSSR count). The first kappa shape index (κ1) is 23.3. The first-order valence-corrected chi connectivity index (χ1v) is 11.4. The van der Waals surface area contributed by atoms with Crippen LogP contribution < -0.4 is 5.32 Å². The van der Waals surface area contributed by atoms with E-state index in [9.17, 15) is 4.39 Å². The predicted octanol–water partition coefficient (Wildman–Crippen LogP) is 7.17. The zero-order chi connectivity index (χ0) is 20.6. The molecule has 0 aliphatic heterocycles. The van der Waals surface area contributed by atoms with Crippen LogP contribution in [0.1, 0.15) is 81.5 Å². The minimum absolute atomic E-state index is 0. The van der Waals surface area contributed by atoms with Gasteiger partial charge in [-0.3, -0.25) is 0 Å². The van der Waals surface area contributed by atoms with Gasteiger partial charge in [-0.15, -0.1) is 12.4 Å². The molecule has 0 amide bonds. The van der Waals surface area contributed by atoms with E-state index in [2.05, 4.69) is 51.2 Å². The lowest BCUT2D eigenvalue weighted by Crippen LogP contribution is -2.52. The van der Waals surface area contributed by atoms with Crippen molar-refractivity contribution in [2.75, 3.05) is 6.54 Å². The molecule has 30 heavy (non-hydrogen) atoms. The topological polar surface area (TPSA) is 12.0 Å². The van der Waals surface area contributed by atoms with E-state index in [1.165, 1.54) is 37.7 Å². The van der Waals surface area contributed by atoms with E-state index in [1.807, 2.05) is 12.1 Å². The van der Waals surface area contributed by atoms with Crippen molar-refractivity contribution in [3.63, 3.8) is 0 Å². The van der Waals surface area contributed by atoms with E-state index >= 15 is 0 Å². The quantitative estimate of drug-likeness (QED) is 0.531. The molecule has 1 fully saturated rings. The van der Waals surface area contributed by atoms with Crippen molar-refractivity contribution < 1.29 is 4.39 Å². The summed E-state index contributed by atoms with van der Waals surface area (Å²) in [7, 11) is 0. The van der Waals surface area contributed by atoms with Crippen molar-refractivity contribution in [1.29, 1.82) is 0 Å². The number of rotatable bonds is 5. The van der Waals surface area contributed by atoms with Gasteiger partial charge in [-0.1, -0.05) is 64.4 Å². The lowest BCUT2D eigenvalue weighted by molar-refractivity contribution is 0.0257. The number of benzene rings is 2. The van der Waals surface area contributed by atoms with Gasteiger partial charge in [0.05, 0.1) is 0 Å². The molecule has 3 heteroatoms. The zero-order valence-electron chi connectivity index (χ0n) is 18.9. The summed E-state index contributed by atoms with van der Waals surface area (Å²) in [6.07, 6.45) is 6.40. The number of halogens is 2. The Bertz CT molecular complexity index is 862. The molecule has 0 saturated heterocycles. The molecule has 2 aliphatic carbocycles. The average Bonchev–Trinajstić information content (AvgIpc) is 2.69. The fourth-order valence-corrected chi connectivity index (χ4v) is 6.31. The largest absolute Gasteiger partial charge is 0.312 e. The Morgan fingerprint density at radius 1 is 1.07 bits per heavy atom. The molecule has 2 aromatic carbocycles. The second-order valence-corrected chi connectivity index (χ2v) is 10.3. The van der Waals surface area contributed by atoms with Crippen molar-refractivity contribution in [3.05, 3.63) is 70.5 Å². The zero-order valence-corrected chi connectivity index (χ0v) is 19.7. The van der Waals surface area contributed by atoms with E-state index in [0.717, 1.165) is 18.7 Å². The van der Waals surface area contributed by atoms with Crippen molar-refractivity contribution in [2.45, 2.75) is 77.7 Å². The number of nitrogens with one attached hydrogen (secondary N) is 1. The van der Waals surface area contributed by atoms with Crippen LogP contribution in [-0.2, 0) is 18.4 Å². The van der Waals surface area contributed by atoms with Gasteiger partial charge >= 0.3 is 0 Å². The van der Waals surface area contributed by atoms with Gasteiger partial charge in [-0.25, -0.2) is 4.39 Å². The minimum atomic E-state index is -0.162. The first-order valence-electron chi connectivity index (χ1n) is 11.4. The van der Waals surface area contributed by atoms with Gasteiger partial charge in [0.15, 0.2) is 0 Å². The van der Waals surface area contributed by atoms with Crippen LogP contribution in [0.5, 0.6) is 0 Å². The van der Waals surface area contributed by atoms with Gasteiger partial charge in [0, 0.05) is 13.1 Å². The molecule has 0 spiro atoms. The first-order chi connectivity index (χ1) is 13.8. The summed E-state index contributed by atoms with van der Waals surface area (Å²) >= 11 is 0. The van der Waals surface area contributed by atoms with Crippen molar-refractivity contribution >= 4 is 12.4 Å². The van der Waals surface area contributed by atoms with Gasteiger partial charge in [-0.05, 0) is 82.7 Å². The van der Waals surface area contributed by atoms with Crippen LogP contribution in [0.25, 0.3) is 0 Å². The molecular formula is C27H37ClFN. The molecule has 0 unspecified atom stereocenters. The molecule has 2 aromatic rings. The molecule has 2 aliphatic rings. The lowest BCUT2D eigenvalue weighted by atomic mass is 9.49. The van der Waals surface area contributed by atoms with Gasteiger partial charge in [0.2, 0.25) is 0 Å². The maximum Gasteiger partial charge on any atom is 0.123 e. The summed E-state index contributed by atoms with van der Waals surface area (Å²) in [6, 6.07) is 14.2. The van der Waals surface area contributed by atoms with Crippen LogP contribution in [-0.4, -0.2) is 6.54 Å². The standard InChI is InChI=1S/C27H36FN.ClH/c1-19(2)21-8-12-24-22(16-21)9-13-25-26(3,14-5-15-27(24,25)4)18-29-17-20-6-10-23(28)11-7-20;/h6-8,10-12,16,19,25,29H,5,9,13-15,17-18H2,1-4H3;1H/t25-,26-,27+;/m1./s1.